The van der Waals surface area contributed by atoms with Crippen molar-refractivity contribution in [2.75, 3.05) is 32.7 Å². The van der Waals surface area contributed by atoms with E-state index >= 15 is 0 Å². The van der Waals surface area contributed by atoms with Gasteiger partial charge in [0.2, 0.25) is 5.91 Å². The van der Waals surface area contributed by atoms with E-state index in [0.717, 1.165) is 55.6 Å². The Labute approximate surface area is 232 Å². The SMILES string of the molecule is CC(C)[C@@H]1CN(C(c2ccc(Cl)cc2)c2ccc(Cl)cc2)CCN1C(=O)CC1CCNCC1.Cl.Cl. The topological polar surface area (TPSA) is 35.6 Å². The lowest BCUT2D eigenvalue weighted by Crippen LogP contribution is -2.58. The van der Waals surface area contributed by atoms with Crippen LogP contribution in [-0.4, -0.2) is 54.5 Å². The lowest BCUT2D eigenvalue weighted by Gasteiger charge is -2.46. The molecule has 2 aliphatic heterocycles. The number of amides is 1. The predicted octanol–water partition coefficient (Wildman–Crippen LogP) is 6.48. The monoisotopic (exact) mass is 559 g/mol. The Morgan fingerprint density at radius 2 is 1.43 bits per heavy atom. The zero-order valence-corrected chi connectivity index (χ0v) is 23.6. The van der Waals surface area contributed by atoms with Crippen molar-refractivity contribution in [3.63, 3.8) is 0 Å². The summed E-state index contributed by atoms with van der Waals surface area (Å²) in [6, 6.07) is 16.6. The van der Waals surface area contributed by atoms with Crippen molar-refractivity contribution >= 4 is 53.9 Å². The number of nitrogens with one attached hydrogen (secondary N) is 1. The number of piperazine rings is 1. The Morgan fingerprint density at radius 3 is 1.91 bits per heavy atom. The first kappa shape index (κ1) is 30.2. The molecular formula is C27H37Cl4N3O. The number of rotatable bonds is 6. The molecule has 1 atom stereocenters. The third-order valence-electron chi connectivity index (χ3n) is 7.20. The molecule has 0 radical (unpaired) electrons. The second-order valence-corrected chi connectivity index (χ2v) is 10.7. The van der Waals surface area contributed by atoms with Crippen LogP contribution in [0.1, 0.15) is 50.3 Å². The van der Waals surface area contributed by atoms with Gasteiger partial charge in [0.05, 0.1) is 6.04 Å². The molecule has 2 aliphatic rings. The summed E-state index contributed by atoms with van der Waals surface area (Å²) >= 11 is 12.4. The fourth-order valence-electron chi connectivity index (χ4n) is 5.30. The summed E-state index contributed by atoms with van der Waals surface area (Å²) in [7, 11) is 0. The summed E-state index contributed by atoms with van der Waals surface area (Å²) in [5, 5.41) is 4.88. The highest BCUT2D eigenvalue weighted by Gasteiger charge is 2.36. The molecule has 0 unspecified atom stereocenters. The third kappa shape index (κ3) is 7.74. The summed E-state index contributed by atoms with van der Waals surface area (Å²) in [6.45, 7) is 9.00. The predicted molar refractivity (Wildman–Crippen MR) is 151 cm³/mol. The van der Waals surface area contributed by atoms with E-state index in [4.69, 9.17) is 23.2 Å². The average molecular weight is 561 g/mol. The Morgan fingerprint density at radius 1 is 0.914 bits per heavy atom. The molecule has 4 rings (SSSR count). The van der Waals surface area contributed by atoms with Gasteiger partial charge in [-0.1, -0.05) is 61.3 Å². The summed E-state index contributed by atoms with van der Waals surface area (Å²) in [6.07, 6.45) is 2.89. The third-order valence-corrected chi connectivity index (χ3v) is 7.70. The van der Waals surface area contributed by atoms with Crippen LogP contribution < -0.4 is 5.32 Å². The first-order valence-electron chi connectivity index (χ1n) is 12.2. The first-order valence-corrected chi connectivity index (χ1v) is 12.9. The van der Waals surface area contributed by atoms with Crippen LogP contribution >= 0.6 is 48.0 Å². The van der Waals surface area contributed by atoms with Crippen molar-refractivity contribution in [2.45, 2.75) is 45.2 Å². The van der Waals surface area contributed by atoms with E-state index in [1.807, 2.05) is 24.3 Å². The minimum atomic E-state index is 0. The maximum absolute atomic E-state index is 13.3. The van der Waals surface area contributed by atoms with Gasteiger partial charge in [-0.2, -0.15) is 0 Å². The number of nitrogens with zero attached hydrogens (tertiary/aromatic N) is 2. The summed E-state index contributed by atoms with van der Waals surface area (Å²) in [5.74, 6) is 1.23. The van der Waals surface area contributed by atoms with E-state index in [2.05, 4.69) is 53.2 Å². The van der Waals surface area contributed by atoms with E-state index < -0.39 is 0 Å². The maximum atomic E-state index is 13.3. The standard InChI is InChI=1S/C27H35Cl2N3O.2ClH/c1-19(2)25-18-31(15-16-32(25)26(33)17-20-11-13-30-14-12-20)27(21-3-7-23(28)8-4-21)22-5-9-24(29)10-6-22;;/h3-10,19-20,25,27,30H,11-18H2,1-2H3;2*1H/t25-;;/m0../s1. The molecule has 2 fully saturated rings. The van der Waals surface area contributed by atoms with E-state index in [-0.39, 0.29) is 36.9 Å². The van der Waals surface area contributed by atoms with E-state index in [0.29, 0.717) is 24.2 Å². The number of benzene rings is 2. The smallest absolute Gasteiger partial charge is 0.223 e. The van der Waals surface area contributed by atoms with Gasteiger partial charge in [-0.15, -0.1) is 24.8 Å². The number of halogens is 4. The second-order valence-electron chi connectivity index (χ2n) is 9.80. The molecule has 0 aliphatic carbocycles. The minimum Gasteiger partial charge on any atom is -0.337 e. The van der Waals surface area contributed by atoms with E-state index in [9.17, 15) is 4.79 Å². The maximum Gasteiger partial charge on any atom is 0.223 e. The molecule has 35 heavy (non-hydrogen) atoms. The Kier molecular flexibility index (Phi) is 12.1. The Hall–Kier alpha value is -1.01. The molecule has 0 bridgehead atoms. The van der Waals surface area contributed by atoms with Gasteiger partial charge in [-0.3, -0.25) is 9.69 Å². The number of carbonyl (C=O) groups excluding carboxylic acids is 1. The van der Waals surface area contributed by atoms with Crippen LogP contribution in [-0.2, 0) is 4.79 Å². The molecule has 2 aromatic carbocycles. The van der Waals surface area contributed by atoms with Crippen molar-refractivity contribution in [1.82, 2.24) is 15.1 Å². The van der Waals surface area contributed by atoms with Gasteiger partial charge in [0, 0.05) is 42.1 Å². The largest absolute Gasteiger partial charge is 0.337 e. The van der Waals surface area contributed by atoms with Crippen molar-refractivity contribution in [3.05, 3.63) is 69.7 Å². The molecule has 1 amide bonds. The molecule has 194 valence electrons. The summed E-state index contributed by atoms with van der Waals surface area (Å²) < 4.78 is 0. The minimum absolute atomic E-state index is 0. The quantitative estimate of drug-likeness (QED) is 0.439. The first-order chi connectivity index (χ1) is 15.9. The molecule has 1 N–H and O–H groups in total. The van der Waals surface area contributed by atoms with Crippen LogP contribution in [0.15, 0.2) is 48.5 Å². The van der Waals surface area contributed by atoms with Crippen LogP contribution in [0.4, 0.5) is 0 Å². The molecular weight excluding hydrogens is 524 g/mol. The highest BCUT2D eigenvalue weighted by molar-refractivity contribution is 6.30. The van der Waals surface area contributed by atoms with Crippen molar-refractivity contribution < 1.29 is 4.79 Å². The van der Waals surface area contributed by atoms with Gasteiger partial charge in [0.15, 0.2) is 0 Å². The lowest BCUT2D eigenvalue weighted by molar-refractivity contribution is -0.139. The van der Waals surface area contributed by atoms with Gasteiger partial charge >= 0.3 is 0 Å². The zero-order valence-electron chi connectivity index (χ0n) is 20.5. The molecule has 0 aromatic heterocycles. The van der Waals surface area contributed by atoms with Crippen LogP contribution in [0.3, 0.4) is 0 Å². The van der Waals surface area contributed by atoms with E-state index in [1.54, 1.807) is 0 Å². The summed E-state index contributed by atoms with van der Waals surface area (Å²) in [4.78, 5) is 18.0. The van der Waals surface area contributed by atoms with Gasteiger partial charge in [0.1, 0.15) is 0 Å². The number of carbonyl (C=O) groups is 1. The van der Waals surface area contributed by atoms with Gasteiger partial charge in [0.25, 0.3) is 0 Å². The average Bonchev–Trinajstić information content (AvgIpc) is 2.82. The number of hydrogen-bond acceptors (Lipinski definition) is 3. The summed E-state index contributed by atoms with van der Waals surface area (Å²) in [5.41, 5.74) is 2.41. The molecule has 4 nitrogen and oxygen atoms in total. The number of hydrogen-bond donors (Lipinski definition) is 1. The Bertz CT molecular complexity index is 872. The molecule has 2 heterocycles. The highest BCUT2D eigenvalue weighted by atomic mass is 35.5. The van der Waals surface area contributed by atoms with Gasteiger partial charge < -0.3 is 10.2 Å². The van der Waals surface area contributed by atoms with Crippen LogP contribution in [0, 0.1) is 11.8 Å². The second kappa shape index (κ2) is 14.1. The van der Waals surface area contributed by atoms with Crippen LogP contribution in [0.5, 0.6) is 0 Å². The number of piperidine rings is 1. The molecule has 0 spiro atoms. The highest BCUT2D eigenvalue weighted by Crippen LogP contribution is 2.34. The zero-order chi connectivity index (χ0) is 23.4. The van der Waals surface area contributed by atoms with Crippen molar-refractivity contribution in [1.29, 1.82) is 0 Å². The Balaban J connectivity index is 0.00000216. The van der Waals surface area contributed by atoms with Gasteiger partial charge in [-0.25, -0.2) is 0 Å². The van der Waals surface area contributed by atoms with Crippen molar-refractivity contribution in [2.24, 2.45) is 11.8 Å². The van der Waals surface area contributed by atoms with E-state index in [1.165, 1.54) is 11.1 Å². The lowest BCUT2D eigenvalue weighted by atomic mass is 9.91. The molecule has 2 aromatic rings. The molecule has 2 saturated heterocycles. The normalized spacial score (nSPS) is 19.4. The van der Waals surface area contributed by atoms with Crippen LogP contribution in [0.2, 0.25) is 10.0 Å². The molecule has 8 heteroatoms. The van der Waals surface area contributed by atoms with Gasteiger partial charge in [-0.05, 0) is 73.2 Å². The fraction of sp³-hybridized carbons (Fsp3) is 0.519. The fourth-order valence-corrected chi connectivity index (χ4v) is 5.55. The molecule has 0 saturated carbocycles. The van der Waals surface area contributed by atoms with Crippen LogP contribution in [0.25, 0.3) is 0 Å². The van der Waals surface area contributed by atoms with Crippen molar-refractivity contribution in [3.8, 4) is 0 Å².